The Morgan fingerprint density at radius 2 is 1.80 bits per heavy atom. The van der Waals surface area contributed by atoms with Gasteiger partial charge in [0, 0.05) is 24.2 Å². The molecule has 8 heteroatoms. The van der Waals surface area contributed by atoms with E-state index in [1.54, 1.807) is 7.05 Å². The molecule has 0 bridgehead atoms. The maximum Gasteiger partial charge on any atom is 0.365 e. The van der Waals surface area contributed by atoms with Gasteiger partial charge in [-0.2, -0.15) is 0 Å². The minimum Gasteiger partial charge on any atom is -0.269 e. The van der Waals surface area contributed by atoms with Gasteiger partial charge in [0.1, 0.15) is 6.54 Å². The van der Waals surface area contributed by atoms with Crippen LogP contribution in [0.2, 0.25) is 5.02 Å². The van der Waals surface area contributed by atoms with Crippen molar-refractivity contribution in [1.82, 2.24) is 9.80 Å². The molecule has 2 aromatic carbocycles. The maximum absolute atomic E-state index is 13.3. The lowest BCUT2D eigenvalue weighted by Crippen LogP contribution is -2.62. The minimum absolute atomic E-state index is 0.258. The van der Waals surface area contributed by atoms with Gasteiger partial charge in [-0.15, -0.1) is 0 Å². The molecule has 0 aromatic heterocycles. The van der Waals surface area contributed by atoms with E-state index in [2.05, 4.69) is 20.9 Å². The van der Waals surface area contributed by atoms with E-state index < -0.39 is 6.04 Å². The van der Waals surface area contributed by atoms with Crippen LogP contribution in [0.4, 0.5) is 4.79 Å². The molecule has 1 fully saturated rings. The number of nitrogens with zero attached hydrogens (tertiary/aromatic N) is 4. The molecule has 1 unspecified atom stereocenters. The summed E-state index contributed by atoms with van der Waals surface area (Å²) in [4.78, 5) is 33.4. The van der Waals surface area contributed by atoms with Crippen LogP contribution in [0.5, 0.6) is 0 Å². The molecule has 0 saturated carbocycles. The van der Waals surface area contributed by atoms with Gasteiger partial charge in [-0.1, -0.05) is 60.1 Å². The molecule has 0 N–H and O–H groups in total. The van der Waals surface area contributed by atoms with Crippen molar-refractivity contribution in [3.05, 3.63) is 70.7 Å². The summed E-state index contributed by atoms with van der Waals surface area (Å²) in [5.41, 5.74) is 2.07. The Morgan fingerprint density at radius 3 is 2.53 bits per heavy atom. The van der Waals surface area contributed by atoms with Crippen molar-refractivity contribution in [2.45, 2.75) is 25.4 Å². The molecule has 0 spiro atoms. The molecule has 2 heterocycles. The molecule has 3 amide bonds. The average molecular weight is 489 g/mol. The van der Waals surface area contributed by atoms with Crippen molar-refractivity contribution in [1.29, 1.82) is 0 Å². The van der Waals surface area contributed by atoms with Crippen molar-refractivity contribution >= 4 is 50.0 Å². The monoisotopic (exact) mass is 487 g/mol. The molecule has 0 aliphatic carbocycles. The number of urea groups is 1. The van der Waals surface area contributed by atoms with E-state index in [9.17, 15) is 9.59 Å². The first-order valence-corrected chi connectivity index (χ1v) is 10.9. The first-order chi connectivity index (χ1) is 14.5. The summed E-state index contributed by atoms with van der Waals surface area (Å²) in [5.74, 6) is 0.176. The molecule has 6 nitrogen and oxygen atoms in total. The lowest BCUT2D eigenvalue weighted by Gasteiger charge is -2.33. The van der Waals surface area contributed by atoms with Gasteiger partial charge in [-0.05, 0) is 29.5 Å². The van der Waals surface area contributed by atoms with Gasteiger partial charge >= 0.3 is 10.8 Å². The molecule has 0 radical (unpaired) electrons. The van der Waals surface area contributed by atoms with E-state index in [0.29, 0.717) is 35.1 Å². The topological polar surface area (TPSA) is 56.0 Å². The zero-order valence-corrected chi connectivity index (χ0v) is 18.8. The molecular formula is C22H21BrClN4O2+. The van der Waals surface area contributed by atoms with Crippen LogP contribution in [0.25, 0.3) is 0 Å². The van der Waals surface area contributed by atoms with Crippen LogP contribution in [0.15, 0.2) is 59.6 Å². The number of amidine groups is 2. The quantitative estimate of drug-likeness (QED) is 0.457. The summed E-state index contributed by atoms with van der Waals surface area (Å²) in [6.07, 6.45) is 1.50. The third-order valence-corrected chi connectivity index (χ3v) is 6.35. The third kappa shape index (κ3) is 3.91. The molecule has 1 saturated heterocycles. The zero-order chi connectivity index (χ0) is 21.3. The van der Waals surface area contributed by atoms with Gasteiger partial charge in [-0.3, -0.25) is 14.6 Å². The van der Waals surface area contributed by atoms with Crippen molar-refractivity contribution < 1.29 is 14.2 Å². The summed E-state index contributed by atoms with van der Waals surface area (Å²) >= 11 is 9.78. The zero-order valence-electron chi connectivity index (χ0n) is 16.5. The number of carbonyl (C=O) groups is 2. The molecule has 2 aliphatic heterocycles. The standard InChI is InChI=1S/C22H21BrClN4O2/c1-26-19-18(28(21(23)25-19)14-16-11-5-6-12-17(16)24)20(29)27(22(26)30)13-7-10-15-8-3-2-4-9-15/h2-6,8-9,11-12,18H,7,10,13-14H2,1H3/q+1. The number of hydrogen-bond donors (Lipinski definition) is 0. The van der Waals surface area contributed by atoms with E-state index >= 15 is 0 Å². The van der Waals surface area contributed by atoms with Gasteiger partial charge in [0.05, 0.1) is 15.9 Å². The molecular weight excluding hydrogens is 468 g/mol. The first kappa shape index (κ1) is 20.8. The van der Waals surface area contributed by atoms with E-state index in [-0.39, 0.29) is 11.9 Å². The largest absolute Gasteiger partial charge is 0.365 e. The predicted molar refractivity (Wildman–Crippen MR) is 120 cm³/mol. The third-order valence-electron chi connectivity index (χ3n) is 5.35. The average Bonchev–Trinajstić information content (AvgIpc) is 3.08. The lowest BCUT2D eigenvalue weighted by atomic mass is 10.1. The molecule has 2 aromatic rings. The fourth-order valence-electron chi connectivity index (χ4n) is 3.75. The van der Waals surface area contributed by atoms with Crippen LogP contribution < -0.4 is 0 Å². The van der Waals surface area contributed by atoms with E-state index in [4.69, 9.17) is 11.6 Å². The second kappa shape index (κ2) is 8.70. The number of imide groups is 1. The number of hydrogen-bond acceptors (Lipinski definition) is 3. The Bertz CT molecular complexity index is 1050. The Kier molecular flexibility index (Phi) is 6.01. The van der Waals surface area contributed by atoms with Crippen LogP contribution >= 0.6 is 27.5 Å². The highest BCUT2D eigenvalue weighted by atomic mass is 79.9. The van der Waals surface area contributed by atoms with Crippen LogP contribution in [-0.2, 0) is 17.8 Å². The van der Waals surface area contributed by atoms with Gasteiger partial charge in [0.15, 0.2) is 0 Å². The van der Waals surface area contributed by atoms with Crippen LogP contribution in [0.1, 0.15) is 17.5 Å². The van der Waals surface area contributed by atoms with E-state index in [1.165, 1.54) is 15.4 Å². The number of amides is 3. The summed E-state index contributed by atoms with van der Waals surface area (Å²) in [6, 6.07) is 16.5. The predicted octanol–water partition coefficient (Wildman–Crippen LogP) is 3.91. The number of likely N-dealkylation sites (N-methyl/N-ethyl adjacent to an activating group) is 1. The molecule has 30 heavy (non-hydrogen) atoms. The van der Waals surface area contributed by atoms with Gasteiger partial charge in [0.25, 0.3) is 17.8 Å². The highest BCUT2D eigenvalue weighted by Crippen LogP contribution is 2.25. The van der Waals surface area contributed by atoms with Crippen molar-refractivity contribution in [3.63, 3.8) is 0 Å². The fourth-order valence-corrected chi connectivity index (χ4v) is 4.45. The minimum atomic E-state index is -0.657. The van der Waals surface area contributed by atoms with Gasteiger partial charge in [0.2, 0.25) is 0 Å². The normalized spacial score (nSPS) is 18.8. The fraction of sp³-hybridized carbons (Fsp3) is 0.273. The number of aliphatic imine (C=N–C) groups is 1. The number of aryl methyl sites for hydroxylation is 1. The second-order valence-corrected chi connectivity index (χ2v) is 8.40. The summed E-state index contributed by atoms with van der Waals surface area (Å²) in [7, 11) is 1.66. The summed E-state index contributed by atoms with van der Waals surface area (Å²) in [5, 5.41) is 0.624. The van der Waals surface area contributed by atoms with Crippen molar-refractivity contribution in [3.8, 4) is 0 Å². The highest BCUT2D eigenvalue weighted by Gasteiger charge is 2.53. The highest BCUT2D eigenvalue weighted by molar-refractivity contribution is 9.18. The summed E-state index contributed by atoms with van der Waals surface area (Å²) in [6.45, 7) is 0.766. The molecule has 154 valence electrons. The number of halogens is 2. The van der Waals surface area contributed by atoms with Gasteiger partial charge in [-0.25, -0.2) is 9.37 Å². The number of fused-ring (bicyclic) bond motifs is 1. The number of benzene rings is 2. The number of carbonyl (C=O) groups excluding carboxylic acids is 2. The summed E-state index contributed by atoms with van der Waals surface area (Å²) < 4.78 is 2.35. The van der Waals surface area contributed by atoms with Crippen LogP contribution in [0.3, 0.4) is 0 Å². The Balaban J connectivity index is 1.53. The first-order valence-electron chi connectivity index (χ1n) is 9.71. The van der Waals surface area contributed by atoms with E-state index in [0.717, 1.165) is 12.0 Å². The number of rotatable bonds is 6. The second-order valence-electron chi connectivity index (χ2n) is 7.28. The van der Waals surface area contributed by atoms with Crippen LogP contribution in [0, 0.1) is 0 Å². The Labute approximate surface area is 188 Å². The van der Waals surface area contributed by atoms with Crippen molar-refractivity contribution in [2.75, 3.05) is 13.6 Å². The Hall–Kier alpha value is -2.51. The SMILES string of the molecule is CN1C(=O)N(CCCc2ccccc2)C(=O)C2C1=NC(Br)=[N+]2Cc1ccccc1Cl. The Morgan fingerprint density at radius 1 is 1.10 bits per heavy atom. The van der Waals surface area contributed by atoms with Crippen LogP contribution in [-0.4, -0.2) is 56.5 Å². The maximum atomic E-state index is 13.3. The molecule has 4 rings (SSSR count). The molecule has 2 aliphatic rings. The van der Waals surface area contributed by atoms with Crippen molar-refractivity contribution in [2.24, 2.45) is 4.99 Å². The van der Waals surface area contributed by atoms with E-state index in [1.807, 2.05) is 59.2 Å². The molecule has 1 atom stereocenters. The van der Waals surface area contributed by atoms with Gasteiger partial charge < -0.3 is 0 Å². The smallest absolute Gasteiger partial charge is 0.269 e. The lowest BCUT2D eigenvalue weighted by molar-refractivity contribution is -0.548.